The lowest BCUT2D eigenvalue weighted by Gasteiger charge is -2.14. The number of ether oxygens (including phenoxy) is 1. The molecule has 0 saturated heterocycles. The van der Waals surface area contributed by atoms with E-state index >= 15 is 0 Å². The van der Waals surface area contributed by atoms with Crippen LogP contribution in [0.1, 0.15) is 0 Å². The van der Waals surface area contributed by atoms with Crippen molar-refractivity contribution in [3.8, 4) is 0 Å². The zero-order valence-corrected chi connectivity index (χ0v) is 11.2. The number of nitrogens with one attached hydrogen (secondary N) is 1. The number of carbonyl (C=O) groups excluding carboxylic acids is 1. The summed E-state index contributed by atoms with van der Waals surface area (Å²) in [4.78, 5) is 16.1. The van der Waals surface area contributed by atoms with E-state index in [9.17, 15) is 4.79 Å². The van der Waals surface area contributed by atoms with Crippen LogP contribution in [0.25, 0.3) is 10.2 Å². The third-order valence-corrected chi connectivity index (χ3v) is 3.60. The molecule has 0 radical (unpaired) electrons. The van der Waals surface area contributed by atoms with Gasteiger partial charge < -0.3 is 15.8 Å². The van der Waals surface area contributed by atoms with E-state index < -0.39 is 6.10 Å². The van der Waals surface area contributed by atoms with Crippen molar-refractivity contribution in [1.29, 1.82) is 0 Å². The minimum Gasteiger partial charge on any atom is -0.370 e. The van der Waals surface area contributed by atoms with Crippen LogP contribution in [0.15, 0.2) is 17.6 Å². The van der Waals surface area contributed by atoms with E-state index in [1.165, 1.54) is 18.4 Å². The number of nitrogens with two attached hydrogens (primary N) is 1. The molecular weight excluding hydrogens is 274 g/mol. The summed E-state index contributed by atoms with van der Waals surface area (Å²) in [5.74, 6) is -0.331. The van der Waals surface area contributed by atoms with Crippen LogP contribution in [0.5, 0.6) is 0 Å². The quantitative estimate of drug-likeness (QED) is 0.899. The number of nitrogens with zero attached hydrogens (tertiary/aromatic N) is 1. The summed E-state index contributed by atoms with van der Waals surface area (Å²) in [5, 5.41) is 3.15. The lowest BCUT2D eigenvalue weighted by Crippen LogP contribution is -2.36. The van der Waals surface area contributed by atoms with E-state index in [-0.39, 0.29) is 12.5 Å². The van der Waals surface area contributed by atoms with Crippen LogP contribution in [0, 0.1) is 0 Å². The molecule has 0 saturated carbocycles. The van der Waals surface area contributed by atoms with Crippen molar-refractivity contribution in [2.75, 3.05) is 19.0 Å². The molecule has 0 fully saturated rings. The molecule has 18 heavy (non-hydrogen) atoms. The molecule has 0 aliphatic rings. The summed E-state index contributed by atoms with van der Waals surface area (Å²) < 4.78 is 5.92. The Morgan fingerprint density at radius 1 is 1.67 bits per heavy atom. The molecule has 7 heteroatoms. The predicted octanol–water partition coefficient (Wildman–Crippen LogP) is 1.86. The van der Waals surface area contributed by atoms with Crippen LogP contribution < -0.4 is 11.1 Å². The molecule has 1 aromatic heterocycles. The molecule has 2 aromatic rings. The first-order valence-corrected chi connectivity index (χ1v) is 6.48. The monoisotopic (exact) mass is 285 g/mol. The van der Waals surface area contributed by atoms with E-state index in [0.29, 0.717) is 16.2 Å². The fourth-order valence-electron chi connectivity index (χ4n) is 1.54. The number of amides is 1. The summed E-state index contributed by atoms with van der Waals surface area (Å²) in [6, 6.07) is 3.59. The van der Waals surface area contributed by atoms with E-state index in [1.807, 2.05) is 6.07 Å². The first-order valence-electron chi connectivity index (χ1n) is 5.22. The minimum absolute atomic E-state index is 0.104. The number of aromatic nitrogens is 1. The average Bonchev–Trinajstić information content (AvgIpc) is 2.83. The number of hydrogen-bond donors (Lipinski definition) is 2. The maximum Gasteiger partial charge on any atom is 0.254 e. The number of fused-ring (bicyclic) bond motifs is 1. The molecule has 0 bridgehead atoms. The molecule has 0 aliphatic heterocycles. The van der Waals surface area contributed by atoms with Gasteiger partial charge in [0.2, 0.25) is 0 Å². The zero-order chi connectivity index (χ0) is 13.1. The highest BCUT2D eigenvalue weighted by molar-refractivity contribution is 7.16. The van der Waals surface area contributed by atoms with Crippen LogP contribution in [0.2, 0.25) is 5.02 Å². The smallest absolute Gasteiger partial charge is 0.254 e. The van der Waals surface area contributed by atoms with Crippen LogP contribution in [0.3, 0.4) is 0 Å². The highest BCUT2D eigenvalue weighted by atomic mass is 35.5. The summed E-state index contributed by atoms with van der Waals surface area (Å²) >= 11 is 7.55. The lowest BCUT2D eigenvalue weighted by atomic mass is 10.2. The largest absolute Gasteiger partial charge is 0.370 e. The molecule has 3 N–H and O–H groups in total. The van der Waals surface area contributed by atoms with E-state index in [0.717, 1.165) is 4.70 Å². The molecule has 0 spiro atoms. The number of rotatable bonds is 4. The minimum atomic E-state index is -0.699. The van der Waals surface area contributed by atoms with Crippen molar-refractivity contribution in [2.24, 2.45) is 5.73 Å². The molecule has 2 rings (SSSR count). The van der Waals surface area contributed by atoms with Crippen LogP contribution in [-0.2, 0) is 9.53 Å². The standard InChI is InChI=1S/C11H12ClN3O2S/c1-17-7(4-13)11(16)15-9-6(12)2-3-8-10(9)14-5-18-8/h2-3,5,7H,4,13H2,1H3,(H,15,16). The van der Waals surface area contributed by atoms with Gasteiger partial charge in [-0.2, -0.15) is 0 Å². The van der Waals surface area contributed by atoms with E-state index in [1.54, 1.807) is 11.6 Å². The van der Waals surface area contributed by atoms with Gasteiger partial charge in [-0.15, -0.1) is 11.3 Å². The van der Waals surface area contributed by atoms with Gasteiger partial charge in [0.05, 0.1) is 20.9 Å². The first kappa shape index (κ1) is 13.2. The number of anilines is 1. The number of hydrogen-bond acceptors (Lipinski definition) is 5. The SMILES string of the molecule is COC(CN)C(=O)Nc1c(Cl)ccc2scnc12. The number of carbonyl (C=O) groups is 1. The maximum atomic E-state index is 11.9. The Hall–Kier alpha value is -1.21. The van der Waals surface area contributed by atoms with Gasteiger partial charge in [-0.3, -0.25) is 4.79 Å². The third-order valence-electron chi connectivity index (χ3n) is 2.49. The Morgan fingerprint density at radius 2 is 2.44 bits per heavy atom. The second-order valence-electron chi connectivity index (χ2n) is 3.57. The zero-order valence-electron chi connectivity index (χ0n) is 9.64. The normalized spacial score (nSPS) is 12.6. The molecule has 1 amide bonds. The predicted molar refractivity (Wildman–Crippen MR) is 73.1 cm³/mol. The van der Waals surface area contributed by atoms with Gasteiger partial charge in [-0.05, 0) is 12.1 Å². The third kappa shape index (κ3) is 2.46. The number of benzene rings is 1. The van der Waals surface area contributed by atoms with Crippen molar-refractivity contribution < 1.29 is 9.53 Å². The van der Waals surface area contributed by atoms with Gasteiger partial charge in [-0.25, -0.2) is 4.98 Å². The Morgan fingerprint density at radius 3 is 3.11 bits per heavy atom. The topological polar surface area (TPSA) is 77.2 Å². The average molecular weight is 286 g/mol. The van der Waals surface area contributed by atoms with Crippen LogP contribution in [0.4, 0.5) is 5.69 Å². The van der Waals surface area contributed by atoms with Gasteiger partial charge >= 0.3 is 0 Å². The summed E-state index contributed by atoms with van der Waals surface area (Å²) in [5.41, 5.74) is 8.31. The van der Waals surface area contributed by atoms with Gasteiger partial charge in [-0.1, -0.05) is 11.6 Å². The number of thiazole rings is 1. The molecule has 1 unspecified atom stereocenters. The second-order valence-corrected chi connectivity index (χ2v) is 4.86. The van der Waals surface area contributed by atoms with Crippen molar-refractivity contribution in [3.63, 3.8) is 0 Å². The molecular formula is C11H12ClN3O2S. The van der Waals surface area contributed by atoms with E-state index in [2.05, 4.69) is 10.3 Å². The van der Waals surface area contributed by atoms with Gasteiger partial charge in [0.15, 0.2) is 0 Å². The van der Waals surface area contributed by atoms with Crippen molar-refractivity contribution >= 4 is 44.7 Å². The Balaban J connectivity index is 2.33. The van der Waals surface area contributed by atoms with Gasteiger partial charge in [0.1, 0.15) is 11.6 Å². The summed E-state index contributed by atoms with van der Waals surface area (Å²) in [6.07, 6.45) is -0.699. The molecule has 5 nitrogen and oxygen atoms in total. The molecule has 0 aliphatic carbocycles. The Bertz CT molecular complexity index is 568. The van der Waals surface area contributed by atoms with Crippen molar-refractivity contribution in [2.45, 2.75) is 6.10 Å². The highest BCUT2D eigenvalue weighted by Gasteiger charge is 2.19. The highest BCUT2D eigenvalue weighted by Crippen LogP contribution is 2.32. The molecule has 1 atom stereocenters. The number of methoxy groups -OCH3 is 1. The molecule has 1 heterocycles. The Labute approximate surface area is 113 Å². The van der Waals surface area contributed by atoms with Gasteiger partial charge in [0, 0.05) is 13.7 Å². The summed E-state index contributed by atoms with van der Waals surface area (Å²) in [7, 11) is 1.43. The maximum absolute atomic E-state index is 11.9. The molecule has 1 aromatic carbocycles. The van der Waals surface area contributed by atoms with Crippen LogP contribution >= 0.6 is 22.9 Å². The fourth-order valence-corrected chi connectivity index (χ4v) is 2.42. The van der Waals surface area contributed by atoms with E-state index in [4.69, 9.17) is 22.1 Å². The van der Waals surface area contributed by atoms with Crippen molar-refractivity contribution in [1.82, 2.24) is 4.98 Å². The van der Waals surface area contributed by atoms with Gasteiger partial charge in [0.25, 0.3) is 5.91 Å². The summed E-state index contributed by atoms with van der Waals surface area (Å²) in [6.45, 7) is 0.104. The Kier molecular flexibility index (Phi) is 4.13. The first-order chi connectivity index (χ1) is 8.67. The lowest BCUT2D eigenvalue weighted by molar-refractivity contribution is -0.125. The van der Waals surface area contributed by atoms with Crippen molar-refractivity contribution in [3.05, 3.63) is 22.7 Å². The molecule has 96 valence electrons. The van der Waals surface area contributed by atoms with Crippen LogP contribution in [-0.4, -0.2) is 30.6 Å². The second kappa shape index (κ2) is 5.62. The number of halogens is 1. The fraction of sp³-hybridized carbons (Fsp3) is 0.273.